The molecule has 2 aromatic rings. The van der Waals surface area contributed by atoms with Gasteiger partial charge in [-0.25, -0.2) is 0 Å². The van der Waals surface area contributed by atoms with Crippen LogP contribution in [0.2, 0.25) is 0 Å². The van der Waals surface area contributed by atoms with Gasteiger partial charge in [-0.05, 0) is 12.1 Å². The highest BCUT2D eigenvalue weighted by atomic mass is 32.1. The lowest BCUT2D eigenvalue weighted by atomic mass is 10.4. The second-order valence-corrected chi connectivity index (χ2v) is 2.67. The second-order valence-electron chi connectivity index (χ2n) is 2.27. The minimum absolute atomic E-state index is 0.559. The first-order chi connectivity index (χ1) is 5.83. The molecular formula is C7H7N3OS. The molecule has 12 heavy (non-hydrogen) atoms. The topological polar surface area (TPSA) is 39.4 Å². The Morgan fingerprint density at radius 1 is 1.50 bits per heavy atom. The van der Waals surface area contributed by atoms with Gasteiger partial charge in [0.15, 0.2) is 10.9 Å². The van der Waals surface area contributed by atoms with E-state index in [0.717, 1.165) is 0 Å². The van der Waals surface area contributed by atoms with Crippen molar-refractivity contribution in [3.8, 4) is 5.75 Å². The fourth-order valence-corrected chi connectivity index (χ4v) is 1.24. The van der Waals surface area contributed by atoms with Crippen LogP contribution in [0, 0.1) is 0 Å². The molecule has 0 aromatic carbocycles. The molecule has 0 saturated carbocycles. The molecule has 0 radical (unpaired) electrons. The van der Waals surface area contributed by atoms with Crippen LogP contribution in [0.1, 0.15) is 0 Å². The molecule has 2 heterocycles. The molecule has 0 unspecified atom stereocenters. The van der Waals surface area contributed by atoms with E-state index in [1.807, 2.05) is 18.3 Å². The third kappa shape index (κ3) is 0.937. The fraction of sp³-hybridized carbons (Fsp3) is 0.143. The molecule has 0 aliphatic heterocycles. The van der Waals surface area contributed by atoms with Crippen molar-refractivity contribution in [1.29, 1.82) is 0 Å². The normalized spacial score (nSPS) is 10.5. The smallest absolute Gasteiger partial charge is 0.203 e. The van der Waals surface area contributed by atoms with Crippen molar-refractivity contribution in [1.82, 2.24) is 14.6 Å². The van der Waals surface area contributed by atoms with Gasteiger partial charge in [-0.3, -0.25) is 4.40 Å². The van der Waals surface area contributed by atoms with Crippen molar-refractivity contribution in [2.75, 3.05) is 7.11 Å². The Labute approximate surface area is 74.6 Å². The standard InChI is InChI=1S/C7H7N3OS/c1-11-5-3-2-4-10-6(5)8-9-7(10)12/h2-4H,1H3,(H,9,12). The van der Waals surface area contributed by atoms with E-state index >= 15 is 0 Å². The number of methoxy groups -OCH3 is 1. The Bertz CT molecular complexity index is 412. The fourth-order valence-electron chi connectivity index (χ4n) is 1.04. The molecule has 0 bridgehead atoms. The van der Waals surface area contributed by atoms with E-state index in [-0.39, 0.29) is 0 Å². The van der Waals surface area contributed by atoms with Crippen molar-refractivity contribution in [3.05, 3.63) is 18.3 Å². The van der Waals surface area contributed by atoms with Crippen LogP contribution in [-0.2, 0) is 0 Å². The predicted octanol–water partition coefficient (Wildman–Crippen LogP) is 1.03. The highest BCUT2D eigenvalue weighted by Gasteiger charge is 2.05. The molecule has 62 valence electrons. The van der Waals surface area contributed by atoms with E-state index in [4.69, 9.17) is 4.74 Å². The zero-order chi connectivity index (χ0) is 8.55. The highest BCUT2D eigenvalue weighted by Crippen LogP contribution is 2.18. The molecule has 0 spiro atoms. The zero-order valence-electron chi connectivity index (χ0n) is 6.43. The molecule has 0 fully saturated rings. The minimum Gasteiger partial charge on any atom is -0.493 e. The number of ether oxygens (including phenoxy) is 1. The van der Waals surface area contributed by atoms with E-state index in [0.29, 0.717) is 16.6 Å². The summed E-state index contributed by atoms with van der Waals surface area (Å²) in [6, 6.07) is 3.69. The summed E-state index contributed by atoms with van der Waals surface area (Å²) in [4.78, 5) is 0. The van der Waals surface area contributed by atoms with Crippen molar-refractivity contribution in [2.45, 2.75) is 5.16 Å². The maximum atomic E-state index is 5.08. The number of fused-ring (bicyclic) bond motifs is 1. The lowest BCUT2D eigenvalue weighted by Crippen LogP contribution is -1.89. The van der Waals surface area contributed by atoms with Crippen LogP contribution in [0.5, 0.6) is 5.75 Å². The second kappa shape index (κ2) is 2.67. The molecule has 0 aliphatic carbocycles. The maximum Gasteiger partial charge on any atom is 0.203 e. The summed E-state index contributed by atoms with van der Waals surface area (Å²) in [5.41, 5.74) is 0.685. The zero-order valence-corrected chi connectivity index (χ0v) is 7.32. The monoisotopic (exact) mass is 181 g/mol. The van der Waals surface area contributed by atoms with Gasteiger partial charge in [0, 0.05) is 6.20 Å². The number of rotatable bonds is 1. The summed E-state index contributed by atoms with van der Waals surface area (Å²) in [7, 11) is 1.60. The number of hydrogen-bond acceptors (Lipinski definition) is 4. The number of aromatic nitrogens is 3. The molecule has 4 nitrogen and oxygen atoms in total. The first-order valence-electron chi connectivity index (χ1n) is 3.39. The largest absolute Gasteiger partial charge is 0.493 e. The van der Waals surface area contributed by atoms with E-state index in [2.05, 4.69) is 22.8 Å². The SMILES string of the molecule is COc1cccn2c(S)nnc12. The van der Waals surface area contributed by atoms with Crippen LogP contribution in [0.4, 0.5) is 0 Å². The van der Waals surface area contributed by atoms with Gasteiger partial charge in [-0.1, -0.05) is 0 Å². The lowest BCUT2D eigenvalue weighted by molar-refractivity contribution is 0.416. The predicted molar refractivity (Wildman–Crippen MR) is 46.8 cm³/mol. The van der Waals surface area contributed by atoms with Crippen molar-refractivity contribution >= 4 is 18.3 Å². The van der Waals surface area contributed by atoms with Gasteiger partial charge in [0.05, 0.1) is 7.11 Å². The first kappa shape index (κ1) is 7.42. The van der Waals surface area contributed by atoms with Crippen molar-refractivity contribution in [2.24, 2.45) is 0 Å². The summed E-state index contributed by atoms with van der Waals surface area (Å²) in [6.45, 7) is 0. The molecular weight excluding hydrogens is 174 g/mol. The number of thiol groups is 1. The van der Waals surface area contributed by atoms with Gasteiger partial charge in [0.2, 0.25) is 5.65 Å². The van der Waals surface area contributed by atoms with Gasteiger partial charge < -0.3 is 4.74 Å². The Kier molecular flexibility index (Phi) is 1.65. The summed E-state index contributed by atoms with van der Waals surface area (Å²) in [6.07, 6.45) is 1.83. The number of hydrogen-bond donors (Lipinski definition) is 1. The average Bonchev–Trinajstić information content (AvgIpc) is 2.48. The number of nitrogens with zero attached hydrogens (tertiary/aromatic N) is 3. The molecule has 0 atom stereocenters. The Hall–Kier alpha value is -1.23. The Morgan fingerprint density at radius 3 is 3.08 bits per heavy atom. The maximum absolute atomic E-state index is 5.08. The van der Waals surface area contributed by atoms with Crippen LogP contribution in [-0.4, -0.2) is 21.7 Å². The molecule has 0 amide bonds. The van der Waals surface area contributed by atoms with Crippen LogP contribution in [0.3, 0.4) is 0 Å². The molecule has 0 N–H and O–H groups in total. The van der Waals surface area contributed by atoms with E-state index in [1.165, 1.54) is 0 Å². The quantitative estimate of drug-likeness (QED) is 0.668. The molecule has 5 heteroatoms. The van der Waals surface area contributed by atoms with Crippen LogP contribution in [0.25, 0.3) is 5.65 Å². The van der Waals surface area contributed by atoms with Crippen LogP contribution >= 0.6 is 12.6 Å². The Balaban J connectivity index is 2.81. The average molecular weight is 181 g/mol. The van der Waals surface area contributed by atoms with Gasteiger partial charge in [-0.2, -0.15) is 0 Å². The lowest BCUT2D eigenvalue weighted by Gasteiger charge is -1.99. The summed E-state index contributed by atoms with van der Waals surface area (Å²) in [5.74, 6) is 0.699. The summed E-state index contributed by atoms with van der Waals surface area (Å²) < 4.78 is 6.84. The highest BCUT2D eigenvalue weighted by molar-refractivity contribution is 7.80. The third-order valence-corrected chi connectivity index (χ3v) is 1.91. The molecule has 2 aromatic heterocycles. The van der Waals surface area contributed by atoms with Crippen LogP contribution < -0.4 is 4.74 Å². The van der Waals surface area contributed by atoms with E-state index < -0.39 is 0 Å². The van der Waals surface area contributed by atoms with Crippen molar-refractivity contribution < 1.29 is 4.74 Å². The third-order valence-electron chi connectivity index (χ3n) is 1.60. The van der Waals surface area contributed by atoms with E-state index in [9.17, 15) is 0 Å². The van der Waals surface area contributed by atoms with Gasteiger partial charge in [0.1, 0.15) is 0 Å². The number of pyridine rings is 1. The van der Waals surface area contributed by atoms with Gasteiger partial charge >= 0.3 is 0 Å². The molecule has 2 rings (SSSR count). The van der Waals surface area contributed by atoms with Gasteiger partial charge in [0.25, 0.3) is 0 Å². The Morgan fingerprint density at radius 2 is 2.33 bits per heavy atom. The summed E-state index contributed by atoms with van der Waals surface area (Å²) >= 11 is 4.12. The van der Waals surface area contributed by atoms with Gasteiger partial charge in [-0.15, -0.1) is 22.8 Å². The molecule has 0 saturated heterocycles. The first-order valence-corrected chi connectivity index (χ1v) is 3.84. The summed E-state index contributed by atoms with van der Waals surface area (Å²) in [5, 5.41) is 8.26. The van der Waals surface area contributed by atoms with Crippen LogP contribution in [0.15, 0.2) is 23.5 Å². The van der Waals surface area contributed by atoms with Crippen molar-refractivity contribution in [3.63, 3.8) is 0 Å². The minimum atomic E-state index is 0.559. The van der Waals surface area contributed by atoms with E-state index in [1.54, 1.807) is 11.5 Å². The molecule has 0 aliphatic rings.